The number of rotatable bonds is 4. The van der Waals surface area contributed by atoms with Crippen LogP contribution in [-0.2, 0) is 0 Å². The predicted molar refractivity (Wildman–Crippen MR) is 80.4 cm³/mol. The van der Waals surface area contributed by atoms with E-state index in [9.17, 15) is 4.39 Å². The number of nitrogens with two attached hydrogens (primary N) is 2. The summed E-state index contributed by atoms with van der Waals surface area (Å²) in [6, 6.07) is 14.1. The highest BCUT2D eigenvalue weighted by Crippen LogP contribution is 2.27. The van der Waals surface area contributed by atoms with Gasteiger partial charge in [-0.1, -0.05) is 23.9 Å². The first-order valence-electron chi connectivity index (χ1n) is 5.79. The topological polar surface area (TPSA) is 76.8 Å². The fourth-order valence-corrected chi connectivity index (χ4v) is 2.24. The quantitative estimate of drug-likeness (QED) is 0.516. The molecular formula is C14H13FN4S. The summed E-state index contributed by atoms with van der Waals surface area (Å²) in [7, 11) is 0. The largest absolute Gasteiger partial charge is 0.369 e. The molecule has 0 saturated carbocycles. The lowest BCUT2D eigenvalue weighted by Gasteiger charge is -2.01. The van der Waals surface area contributed by atoms with Crippen LogP contribution in [0.5, 0.6) is 0 Å². The van der Waals surface area contributed by atoms with E-state index in [1.165, 1.54) is 12.1 Å². The van der Waals surface area contributed by atoms with Crippen molar-refractivity contribution in [3.05, 3.63) is 59.9 Å². The maximum absolute atomic E-state index is 12.8. The minimum Gasteiger partial charge on any atom is -0.369 e. The molecule has 2 aromatic rings. The second-order valence-electron chi connectivity index (χ2n) is 3.89. The molecule has 0 heterocycles. The SMILES string of the molecule is NC(N)=N/N=C/c1ccc(Sc2ccc(F)cc2)cc1. The van der Waals surface area contributed by atoms with Gasteiger partial charge in [0.15, 0.2) is 0 Å². The molecule has 0 radical (unpaired) electrons. The molecule has 2 aromatic carbocycles. The van der Waals surface area contributed by atoms with Crippen molar-refractivity contribution in [3.8, 4) is 0 Å². The summed E-state index contributed by atoms with van der Waals surface area (Å²) in [5.74, 6) is -0.314. The number of halogens is 1. The summed E-state index contributed by atoms with van der Waals surface area (Å²) < 4.78 is 12.8. The number of hydrogen-bond donors (Lipinski definition) is 2. The van der Waals surface area contributed by atoms with Gasteiger partial charge in [0.1, 0.15) is 5.82 Å². The Morgan fingerprint density at radius 3 is 2.05 bits per heavy atom. The zero-order valence-electron chi connectivity index (χ0n) is 10.5. The van der Waals surface area contributed by atoms with Gasteiger partial charge in [0.25, 0.3) is 0 Å². The van der Waals surface area contributed by atoms with Crippen LogP contribution in [0.3, 0.4) is 0 Å². The summed E-state index contributed by atoms with van der Waals surface area (Å²) in [5, 5.41) is 7.25. The Hall–Kier alpha value is -2.34. The zero-order valence-corrected chi connectivity index (χ0v) is 11.3. The third-order valence-corrected chi connectivity index (χ3v) is 3.33. The van der Waals surface area contributed by atoms with Gasteiger partial charge in [0.2, 0.25) is 5.96 Å². The van der Waals surface area contributed by atoms with Gasteiger partial charge in [-0.05, 0) is 42.0 Å². The van der Waals surface area contributed by atoms with Crippen LogP contribution in [0.2, 0.25) is 0 Å². The Morgan fingerprint density at radius 2 is 1.50 bits per heavy atom. The average molecular weight is 288 g/mol. The van der Waals surface area contributed by atoms with Gasteiger partial charge in [0, 0.05) is 9.79 Å². The molecule has 0 spiro atoms. The zero-order chi connectivity index (χ0) is 14.4. The van der Waals surface area contributed by atoms with Crippen LogP contribution < -0.4 is 11.5 Å². The lowest BCUT2D eigenvalue weighted by molar-refractivity contribution is 0.626. The van der Waals surface area contributed by atoms with E-state index in [0.29, 0.717) is 0 Å². The van der Waals surface area contributed by atoms with Crippen molar-refractivity contribution >= 4 is 23.9 Å². The maximum Gasteiger partial charge on any atom is 0.211 e. The highest BCUT2D eigenvalue weighted by molar-refractivity contribution is 7.99. The van der Waals surface area contributed by atoms with Crippen molar-refractivity contribution in [1.82, 2.24) is 0 Å². The maximum atomic E-state index is 12.8. The standard InChI is InChI=1S/C14H13FN4S/c15-11-3-7-13(8-4-11)20-12-5-1-10(2-6-12)9-18-19-14(16)17/h1-9H,(H4,16,17,19)/b18-9+. The van der Waals surface area contributed by atoms with Gasteiger partial charge in [-0.15, -0.1) is 5.10 Å². The van der Waals surface area contributed by atoms with Gasteiger partial charge in [0.05, 0.1) is 6.21 Å². The minimum absolute atomic E-state index is 0.0789. The highest BCUT2D eigenvalue weighted by atomic mass is 32.2. The molecule has 0 aliphatic heterocycles. The summed E-state index contributed by atoms with van der Waals surface area (Å²) in [6.07, 6.45) is 1.56. The molecule has 0 atom stereocenters. The monoisotopic (exact) mass is 288 g/mol. The van der Waals surface area contributed by atoms with Gasteiger partial charge >= 0.3 is 0 Å². The Balaban J connectivity index is 2.03. The fraction of sp³-hybridized carbons (Fsp3) is 0. The summed E-state index contributed by atoms with van der Waals surface area (Å²) in [6.45, 7) is 0. The normalized spacial score (nSPS) is 10.7. The molecular weight excluding hydrogens is 275 g/mol. The minimum atomic E-state index is -0.236. The van der Waals surface area contributed by atoms with Gasteiger partial charge < -0.3 is 11.5 Å². The van der Waals surface area contributed by atoms with Crippen LogP contribution >= 0.6 is 11.8 Å². The lowest BCUT2D eigenvalue weighted by Crippen LogP contribution is -2.21. The molecule has 0 saturated heterocycles. The summed E-state index contributed by atoms with van der Waals surface area (Å²) in [5.41, 5.74) is 11.2. The molecule has 4 N–H and O–H groups in total. The first-order valence-corrected chi connectivity index (χ1v) is 6.60. The number of hydrogen-bond acceptors (Lipinski definition) is 3. The van der Waals surface area contributed by atoms with Crippen molar-refractivity contribution in [2.45, 2.75) is 9.79 Å². The third kappa shape index (κ3) is 4.40. The predicted octanol–water partition coefficient (Wildman–Crippen LogP) is 2.58. The van der Waals surface area contributed by atoms with Crippen molar-refractivity contribution in [1.29, 1.82) is 0 Å². The van der Waals surface area contributed by atoms with E-state index in [0.717, 1.165) is 15.4 Å². The van der Waals surface area contributed by atoms with E-state index in [4.69, 9.17) is 11.5 Å². The third-order valence-electron chi connectivity index (χ3n) is 2.31. The van der Waals surface area contributed by atoms with Crippen molar-refractivity contribution < 1.29 is 4.39 Å². The molecule has 6 heteroatoms. The van der Waals surface area contributed by atoms with E-state index < -0.39 is 0 Å². The van der Waals surface area contributed by atoms with Crippen LogP contribution in [0.1, 0.15) is 5.56 Å². The second kappa shape index (κ2) is 6.72. The molecule has 0 aliphatic rings. The molecule has 0 bridgehead atoms. The Kier molecular flexibility index (Phi) is 4.73. The molecule has 4 nitrogen and oxygen atoms in total. The summed E-state index contributed by atoms with van der Waals surface area (Å²) in [4.78, 5) is 2.03. The first-order chi connectivity index (χ1) is 9.63. The van der Waals surface area contributed by atoms with E-state index in [-0.39, 0.29) is 11.8 Å². The highest BCUT2D eigenvalue weighted by Gasteiger charge is 1.98. The van der Waals surface area contributed by atoms with Crippen LogP contribution in [-0.4, -0.2) is 12.2 Å². The molecule has 0 unspecified atom stereocenters. The van der Waals surface area contributed by atoms with Gasteiger partial charge in [-0.2, -0.15) is 5.10 Å². The number of guanidine groups is 1. The van der Waals surface area contributed by atoms with E-state index in [1.54, 1.807) is 30.1 Å². The van der Waals surface area contributed by atoms with Gasteiger partial charge in [-0.25, -0.2) is 4.39 Å². The molecule has 0 fully saturated rings. The molecule has 102 valence electrons. The molecule has 0 aliphatic carbocycles. The Labute approximate surface area is 120 Å². The molecule has 2 rings (SSSR count). The van der Waals surface area contributed by atoms with E-state index in [2.05, 4.69) is 10.2 Å². The molecule has 0 aromatic heterocycles. The average Bonchev–Trinajstić information content (AvgIpc) is 2.43. The molecule has 0 amide bonds. The molecule has 20 heavy (non-hydrogen) atoms. The van der Waals surface area contributed by atoms with Gasteiger partial charge in [-0.3, -0.25) is 0 Å². The van der Waals surface area contributed by atoms with Crippen molar-refractivity contribution in [3.63, 3.8) is 0 Å². The van der Waals surface area contributed by atoms with Crippen LogP contribution in [0.25, 0.3) is 0 Å². The van der Waals surface area contributed by atoms with Crippen molar-refractivity contribution in [2.24, 2.45) is 21.7 Å². The number of benzene rings is 2. The van der Waals surface area contributed by atoms with Crippen LogP contribution in [0, 0.1) is 5.82 Å². The number of nitrogens with zero attached hydrogens (tertiary/aromatic N) is 2. The van der Waals surface area contributed by atoms with Crippen molar-refractivity contribution in [2.75, 3.05) is 0 Å². The fourth-order valence-electron chi connectivity index (χ4n) is 1.42. The van der Waals surface area contributed by atoms with E-state index >= 15 is 0 Å². The lowest BCUT2D eigenvalue weighted by atomic mass is 10.2. The summed E-state index contributed by atoms with van der Waals surface area (Å²) >= 11 is 1.56. The van der Waals surface area contributed by atoms with Crippen LogP contribution in [0.4, 0.5) is 4.39 Å². The first kappa shape index (κ1) is 14.1. The van der Waals surface area contributed by atoms with Crippen LogP contribution in [0.15, 0.2) is 68.5 Å². The Bertz CT molecular complexity index is 617. The van der Waals surface area contributed by atoms with E-state index in [1.807, 2.05) is 24.3 Å². The smallest absolute Gasteiger partial charge is 0.211 e. The second-order valence-corrected chi connectivity index (χ2v) is 5.04. The Morgan fingerprint density at radius 1 is 0.950 bits per heavy atom.